The molecule has 43 heavy (non-hydrogen) atoms. The molecule has 3 atom stereocenters. The van der Waals surface area contributed by atoms with Gasteiger partial charge in [-0.05, 0) is 82.2 Å². The maximum atomic E-state index is 13.9. The number of aliphatic hydroxyl groups excluding tert-OH is 1. The number of piperidine rings is 1. The Bertz CT molecular complexity index is 1610. The van der Waals surface area contributed by atoms with Gasteiger partial charge in [-0.2, -0.15) is 0 Å². The predicted octanol–water partition coefficient (Wildman–Crippen LogP) is 4.00. The molecule has 1 spiro atoms. The third-order valence-corrected chi connectivity index (χ3v) is 10.9. The van der Waals surface area contributed by atoms with Gasteiger partial charge in [0.1, 0.15) is 16.6 Å². The van der Waals surface area contributed by atoms with Crippen LogP contribution >= 0.6 is 0 Å². The number of amides is 1. The van der Waals surface area contributed by atoms with E-state index >= 15 is 0 Å². The summed E-state index contributed by atoms with van der Waals surface area (Å²) in [5.41, 5.74) is 2.65. The first-order chi connectivity index (χ1) is 20.6. The summed E-state index contributed by atoms with van der Waals surface area (Å²) in [5.74, 6) is 0.782. The molecule has 3 aromatic rings. The molecular weight excluding hydrogens is 568 g/mol. The first kappa shape index (κ1) is 29.6. The van der Waals surface area contributed by atoms with Crippen LogP contribution in [-0.4, -0.2) is 79.6 Å². The molecule has 0 radical (unpaired) electrons. The minimum Gasteiger partial charge on any atom is -0.395 e. The number of fused-ring (bicyclic) bond motifs is 1. The van der Waals surface area contributed by atoms with E-state index in [4.69, 9.17) is 9.72 Å². The molecule has 3 fully saturated rings. The number of hydrogen-bond donors (Lipinski definition) is 3. The lowest BCUT2D eigenvalue weighted by Gasteiger charge is -2.40. The summed E-state index contributed by atoms with van der Waals surface area (Å²) in [6.07, 6.45) is 6.33. The van der Waals surface area contributed by atoms with Crippen LogP contribution in [0.4, 0.5) is 23.0 Å². The number of morpholine rings is 1. The topological polar surface area (TPSA) is 137 Å². The number of nitrogens with zero attached hydrogens (tertiary/aromatic N) is 4. The fourth-order valence-electron chi connectivity index (χ4n) is 6.23. The van der Waals surface area contributed by atoms with Crippen molar-refractivity contribution in [2.24, 2.45) is 5.41 Å². The second kappa shape index (κ2) is 11.5. The highest BCUT2D eigenvalue weighted by atomic mass is 32.2. The van der Waals surface area contributed by atoms with Crippen LogP contribution in [0.5, 0.6) is 0 Å². The Kier molecular flexibility index (Phi) is 7.95. The van der Waals surface area contributed by atoms with Crippen LogP contribution in [0.25, 0.3) is 10.9 Å². The molecule has 2 aromatic heterocycles. The molecule has 1 aromatic carbocycles. The molecule has 0 bridgehead atoms. The number of rotatable bonds is 8. The van der Waals surface area contributed by atoms with Gasteiger partial charge in [-0.1, -0.05) is 6.07 Å². The number of pyridine rings is 2. The normalized spacial score (nSPS) is 22.4. The summed E-state index contributed by atoms with van der Waals surface area (Å²) in [5, 5.41) is 12.3. The van der Waals surface area contributed by atoms with Crippen molar-refractivity contribution in [3.8, 4) is 0 Å². The maximum Gasteiger partial charge on any atom is 0.258 e. The average Bonchev–Trinajstić information content (AvgIpc) is 3.75. The van der Waals surface area contributed by atoms with Crippen molar-refractivity contribution < 1.29 is 23.1 Å². The zero-order chi connectivity index (χ0) is 30.4. The van der Waals surface area contributed by atoms with E-state index in [0.717, 1.165) is 36.8 Å². The Labute approximate surface area is 252 Å². The molecule has 3 aliphatic rings. The van der Waals surface area contributed by atoms with Gasteiger partial charge in [-0.15, -0.1) is 0 Å². The molecular formula is C31H40N6O5S. The largest absolute Gasteiger partial charge is 0.395 e. The molecule has 2 saturated heterocycles. The Balaban J connectivity index is 1.34. The number of nitrogens with one attached hydrogen (secondary N) is 2. The number of carbonyl (C=O) groups is 1. The van der Waals surface area contributed by atoms with Crippen molar-refractivity contribution in [1.82, 2.24) is 9.97 Å². The summed E-state index contributed by atoms with van der Waals surface area (Å²) in [6, 6.07) is 10.8. The lowest BCUT2D eigenvalue weighted by atomic mass is 9.93. The molecule has 1 amide bonds. The van der Waals surface area contributed by atoms with Crippen molar-refractivity contribution in [3.05, 3.63) is 48.2 Å². The summed E-state index contributed by atoms with van der Waals surface area (Å²) in [4.78, 5) is 27.8. The second-order valence-corrected chi connectivity index (χ2v) is 14.5. The number of aromatic nitrogens is 2. The summed E-state index contributed by atoms with van der Waals surface area (Å²) >= 11 is 0. The Morgan fingerprint density at radius 3 is 2.51 bits per heavy atom. The van der Waals surface area contributed by atoms with Gasteiger partial charge in [0, 0.05) is 24.7 Å². The first-order valence-electron chi connectivity index (χ1n) is 15.0. The van der Waals surface area contributed by atoms with Crippen LogP contribution in [0.1, 0.15) is 56.8 Å². The quantitative estimate of drug-likeness (QED) is 0.347. The third kappa shape index (κ3) is 6.00. The molecule has 4 heterocycles. The monoisotopic (exact) mass is 608 g/mol. The smallest absolute Gasteiger partial charge is 0.258 e. The minimum atomic E-state index is -3.80. The van der Waals surface area contributed by atoms with E-state index in [1.165, 1.54) is 19.8 Å². The Morgan fingerprint density at radius 1 is 1.12 bits per heavy atom. The van der Waals surface area contributed by atoms with E-state index in [1.54, 1.807) is 24.4 Å². The van der Waals surface area contributed by atoms with E-state index in [9.17, 15) is 18.3 Å². The van der Waals surface area contributed by atoms with Gasteiger partial charge in [0.25, 0.3) is 5.91 Å². The molecule has 3 N–H and O–H groups in total. The molecule has 1 saturated carbocycles. The van der Waals surface area contributed by atoms with Crippen LogP contribution in [0.3, 0.4) is 0 Å². The average molecular weight is 609 g/mol. The van der Waals surface area contributed by atoms with Crippen molar-refractivity contribution in [1.29, 1.82) is 0 Å². The van der Waals surface area contributed by atoms with Gasteiger partial charge in [-0.3, -0.25) is 14.5 Å². The van der Waals surface area contributed by atoms with E-state index in [0.29, 0.717) is 47.2 Å². The maximum absolute atomic E-state index is 13.9. The van der Waals surface area contributed by atoms with Crippen molar-refractivity contribution in [2.75, 3.05) is 52.7 Å². The van der Waals surface area contributed by atoms with Gasteiger partial charge in [0.15, 0.2) is 5.82 Å². The second-order valence-electron chi connectivity index (χ2n) is 12.4. The van der Waals surface area contributed by atoms with Gasteiger partial charge in [-0.25, -0.2) is 13.4 Å². The van der Waals surface area contributed by atoms with Crippen LogP contribution in [-0.2, 0) is 14.8 Å². The summed E-state index contributed by atoms with van der Waals surface area (Å²) in [6.45, 7) is 7.87. The molecule has 12 heteroatoms. The van der Waals surface area contributed by atoms with E-state index in [1.807, 2.05) is 18.2 Å². The number of benzene rings is 1. The Morgan fingerprint density at radius 2 is 1.84 bits per heavy atom. The van der Waals surface area contributed by atoms with Gasteiger partial charge >= 0.3 is 0 Å². The SMILES string of the molecule is CC(CO)S(=O)(=O)Nc1ccc(C(=O)Nc2cc3cccnc3c(N3[C@H](C)COC[C@H]3C)n2)c(N2CCC3(CC2)CC3)c1. The molecule has 1 unspecified atom stereocenters. The van der Waals surface area contributed by atoms with Crippen LogP contribution in [0.2, 0.25) is 0 Å². The highest BCUT2D eigenvalue weighted by molar-refractivity contribution is 7.93. The fourth-order valence-corrected chi connectivity index (χ4v) is 7.08. The number of aliphatic hydroxyl groups is 1. The van der Waals surface area contributed by atoms with Crippen LogP contribution in [0, 0.1) is 5.41 Å². The van der Waals surface area contributed by atoms with E-state index in [-0.39, 0.29) is 18.0 Å². The van der Waals surface area contributed by atoms with Gasteiger partial charge < -0.3 is 25.0 Å². The highest BCUT2D eigenvalue weighted by Crippen LogP contribution is 2.54. The molecule has 230 valence electrons. The first-order valence-corrected chi connectivity index (χ1v) is 16.6. The van der Waals surface area contributed by atoms with E-state index in [2.05, 4.69) is 38.7 Å². The molecule has 6 rings (SSSR count). The third-order valence-electron chi connectivity index (χ3n) is 9.13. The van der Waals surface area contributed by atoms with E-state index < -0.39 is 21.9 Å². The Hall–Kier alpha value is -3.48. The van der Waals surface area contributed by atoms with Crippen LogP contribution < -0.4 is 19.8 Å². The molecule has 1 aliphatic carbocycles. The van der Waals surface area contributed by atoms with Gasteiger partial charge in [0.05, 0.1) is 48.8 Å². The number of sulfonamides is 1. The highest BCUT2D eigenvalue weighted by Gasteiger charge is 2.44. The number of anilines is 4. The number of ether oxygens (including phenoxy) is 1. The zero-order valence-electron chi connectivity index (χ0n) is 24.9. The van der Waals surface area contributed by atoms with Crippen LogP contribution in [0.15, 0.2) is 42.6 Å². The van der Waals surface area contributed by atoms with Crippen molar-refractivity contribution >= 4 is 49.8 Å². The lowest BCUT2D eigenvalue weighted by Crippen LogP contribution is -2.50. The minimum absolute atomic E-state index is 0.0812. The van der Waals surface area contributed by atoms with Crippen molar-refractivity contribution in [3.63, 3.8) is 0 Å². The van der Waals surface area contributed by atoms with Gasteiger partial charge in [0.2, 0.25) is 10.0 Å². The summed E-state index contributed by atoms with van der Waals surface area (Å²) in [7, 11) is -3.80. The molecule has 11 nitrogen and oxygen atoms in total. The number of hydrogen-bond acceptors (Lipinski definition) is 9. The molecule has 2 aliphatic heterocycles. The summed E-state index contributed by atoms with van der Waals surface area (Å²) < 4.78 is 33.7. The fraction of sp³-hybridized carbons (Fsp3) is 0.516. The standard InChI is InChI=1S/C31H40N6O5S/c1-20-18-42-19-21(2)37(20)29-28-23(5-4-12-32-28)15-27(33-29)34-30(39)25-7-6-24(35-43(40,41)22(3)17-38)16-26(25)36-13-10-31(8-9-31)11-14-36/h4-7,12,15-16,20-22,35,38H,8-11,13-14,17-19H2,1-3H3,(H,33,34,39)/t20-,21-,22?/m1/s1. The lowest BCUT2D eigenvalue weighted by molar-refractivity contribution is 0.0754. The number of carbonyl (C=O) groups excluding carboxylic acids is 1. The van der Waals surface area contributed by atoms with Crippen molar-refractivity contribution in [2.45, 2.75) is 63.8 Å². The zero-order valence-corrected chi connectivity index (χ0v) is 25.7. The predicted molar refractivity (Wildman–Crippen MR) is 168 cm³/mol.